The number of amides is 1. The van der Waals surface area contributed by atoms with E-state index in [1.165, 1.54) is 18.2 Å². The fraction of sp³-hybridized carbons (Fsp3) is 0.125. The number of sulfonamides is 1. The molecule has 0 aliphatic heterocycles. The standard InChI is InChI=1S/C8H9BrN2O3S/c9-5-15(13,14)11-7-3-1-2-6(4-7)8(10)12/h1-4,11H,5H2,(H2,10,12). The second kappa shape index (κ2) is 4.63. The maximum Gasteiger partial charge on any atom is 0.248 e. The van der Waals surface area contributed by atoms with E-state index in [9.17, 15) is 13.2 Å². The van der Waals surface area contributed by atoms with Crippen LogP contribution in [-0.2, 0) is 10.0 Å². The lowest BCUT2D eigenvalue weighted by atomic mass is 10.2. The van der Waals surface area contributed by atoms with Crippen LogP contribution in [0.25, 0.3) is 0 Å². The third-order valence-electron chi connectivity index (χ3n) is 1.56. The number of alkyl halides is 1. The minimum absolute atomic E-state index is 0.208. The van der Waals surface area contributed by atoms with E-state index in [-0.39, 0.29) is 10.2 Å². The molecule has 0 aliphatic carbocycles. The van der Waals surface area contributed by atoms with Crippen molar-refractivity contribution in [1.29, 1.82) is 0 Å². The highest BCUT2D eigenvalue weighted by Crippen LogP contribution is 2.12. The Morgan fingerprint density at radius 2 is 2.13 bits per heavy atom. The van der Waals surface area contributed by atoms with Gasteiger partial charge in [-0.2, -0.15) is 0 Å². The molecule has 15 heavy (non-hydrogen) atoms. The molecule has 0 radical (unpaired) electrons. The minimum Gasteiger partial charge on any atom is -0.366 e. The third-order valence-corrected chi connectivity index (χ3v) is 4.21. The Hall–Kier alpha value is -1.08. The maximum absolute atomic E-state index is 11.2. The molecule has 1 aromatic rings. The van der Waals surface area contributed by atoms with E-state index in [4.69, 9.17) is 5.73 Å². The van der Waals surface area contributed by atoms with Crippen LogP contribution in [-0.4, -0.2) is 19.0 Å². The van der Waals surface area contributed by atoms with Crippen molar-refractivity contribution in [3.63, 3.8) is 0 Å². The SMILES string of the molecule is NC(=O)c1cccc(NS(=O)(=O)CBr)c1. The highest BCUT2D eigenvalue weighted by atomic mass is 79.9. The van der Waals surface area contributed by atoms with Crippen molar-refractivity contribution in [3.05, 3.63) is 29.8 Å². The van der Waals surface area contributed by atoms with Crippen LogP contribution >= 0.6 is 15.9 Å². The zero-order valence-corrected chi connectivity index (χ0v) is 10.0. The summed E-state index contributed by atoms with van der Waals surface area (Å²) in [4.78, 5) is 10.8. The molecule has 1 amide bonds. The number of hydrogen-bond acceptors (Lipinski definition) is 3. The van der Waals surface area contributed by atoms with Gasteiger partial charge in [0.2, 0.25) is 15.9 Å². The van der Waals surface area contributed by atoms with Gasteiger partial charge in [0.25, 0.3) is 0 Å². The molecule has 0 saturated carbocycles. The summed E-state index contributed by atoms with van der Waals surface area (Å²) in [5.74, 6) is -0.602. The van der Waals surface area contributed by atoms with Crippen molar-refractivity contribution in [2.24, 2.45) is 5.73 Å². The Kier molecular flexibility index (Phi) is 3.70. The van der Waals surface area contributed by atoms with E-state index < -0.39 is 15.9 Å². The number of nitrogens with one attached hydrogen (secondary N) is 1. The summed E-state index contributed by atoms with van der Waals surface area (Å²) < 4.78 is 24.4. The van der Waals surface area contributed by atoms with Gasteiger partial charge >= 0.3 is 0 Å². The first kappa shape index (κ1) is 12.0. The van der Waals surface area contributed by atoms with Crippen LogP contribution in [0.4, 0.5) is 5.69 Å². The van der Waals surface area contributed by atoms with Crippen LogP contribution in [0.1, 0.15) is 10.4 Å². The van der Waals surface area contributed by atoms with Crippen molar-refractivity contribution in [3.8, 4) is 0 Å². The summed E-state index contributed by atoms with van der Waals surface area (Å²) in [5, 5.41) is 0. The summed E-state index contributed by atoms with van der Waals surface area (Å²) in [7, 11) is -3.40. The zero-order chi connectivity index (χ0) is 11.5. The van der Waals surface area contributed by atoms with Crippen LogP contribution in [0.15, 0.2) is 24.3 Å². The Morgan fingerprint density at radius 1 is 1.47 bits per heavy atom. The predicted octanol–water partition coefficient (Wildman–Crippen LogP) is 0.880. The Bertz CT molecular complexity index is 473. The molecule has 0 fully saturated rings. The Labute approximate surface area is 95.8 Å². The van der Waals surface area contributed by atoms with E-state index in [1.807, 2.05) is 0 Å². The topological polar surface area (TPSA) is 89.3 Å². The molecule has 5 nitrogen and oxygen atoms in total. The van der Waals surface area contributed by atoms with Crippen molar-refractivity contribution >= 4 is 37.5 Å². The van der Waals surface area contributed by atoms with Crippen LogP contribution in [0, 0.1) is 0 Å². The van der Waals surface area contributed by atoms with Gasteiger partial charge in [-0.1, -0.05) is 22.0 Å². The number of halogens is 1. The normalized spacial score (nSPS) is 11.0. The van der Waals surface area contributed by atoms with E-state index in [0.29, 0.717) is 5.69 Å². The van der Waals surface area contributed by atoms with Crippen molar-refractivity contribution in [2.75, 3.05) is 9.38 Å². The van der Waals surface area contributed by atoms with Gasteiger partial charge < -0.3 is 5.73 Å². The molecule has 0 spiro atoms. The summed E-state index contributed by atoms with van der Waals surface area (Å²) in [6.45, 7) is 0. The number of carbonyl (C=O) groups excluding carboxylic acids is 1. The van der Waals surface area contributed by atoms with Crippen molar-refractivity contribution < 1.29 is 13.2 Å². The second-order valence-electron chi connectivity index (χ2n) is 2.77. The number of carbonyl (C=O) groups is 1. The molecule has 0 heterocycles. The van der Waals surface area contributed by atoms with E-state index in [1.54, 1.807) is 6.07 Å². The van der Waals surface area contributed by atoms with Crippen LogP contribution < -0.4 is 10.5 Å². The van der Waals surface area contributed by atoms with Crippen molar-refractivity contribution in [1.82, 2.24) is 0 Å². The van der Waals surface area contributed by atoms with Gasteiger partial charge in [0.1, 0.15) is 4.66 Å². The minimum atomic E-state index is -3.40. The lowest BCUT2D eigenvalue weighted by molar-refractivity contribution is 0.100. The highest BCUT2D eigenvalue weighted by molar-refractivity contribution is 9.10. The van der Waals surface area contributed by atoms with Gasteiger partial charge in [-0.05, 0) is 18.2 Å². The molecule has 7 heteroatoms. The lowest BCUT2D eigenvalue weighted by Gasteiger charge is -2.05. The van der Waals surface area contributed by atoms with Gasteiger partial charge in [0.15, 0.2) is 0 Å². The molecule has 0 bridgehead atoms. The third kappa shape index (κ3) is 3.52. The molecule has 0 aliphatic rings. The number of rotatable bonds is 4. The van der Waals surface area contributed by atoms with Crippen molar-refractivity contribution in [2.45, 2.75) is 0 Å². The smallest absolute Gasteiger partial charge is 0.248 e. The molecule has 1 rings (SSSR count). The van der Waals surface area contributed by atoms with E-state index >= 15 is 0 Å². The molecule has 1 aromatic carbocycles. The summed E-state index contributed by atoms with van der Waals surface area (Å²) in [5.41, 5.74) is 5.62. The molecule has 0 atom stereocenters. The number of hydrogen-bond donors (Lipinski definition) is 2. The summed E-state index contributed by atoms with van der Waals surface area (Å²) >= 11 is 2.83. The fourth-order valence-electron chi connectivity index (χ4n) is 0.943. The fourth-order valence-corrected chi connectivity index (χ4v) is 1.83. The highest BCUT2D eigenvalue weighted by Gasteiger charge is 2.08. The quantitative estimate of drug-likeness (QED) is 0.807. The van der Waals surface area contributed by atoms with Crippen LogP contribution in [0.5, 0.6) is 0 Å². The van der Waals surface area contributed by atoms with Crippen LogP contribution in [0.2, 0.25) is 0 Å². The Balaban J connectivity index is 2.97. The van der Waals surface area contributed by atoms with Gasteiger partial charge in [0.05, 0.1) is 0 Å². The molecule has 3 N–H and O–H groups in total. The predicted molar refractivity (Wildman–Crippen MR) is 61.3 cm³/mol. The monoisotopic (exact) mass is 292 g/mol. The Morgan fingerprint density at radius 3 is 2.67 bits per heavy atom. The molecular weight excluding hydrogens is 284 g/mol. The van der Waals surface area contributed by atoms with E-state index in [2.05, 4.69) is 20.7 Å². The first-order valence-electron chi connectivity index (χ1n) is 3.91. The summed E-state index contributed by atoms with van der Waals surface area (Å²) in [6.07, 6.45) is 0. The number of nitrogens with two attached hydrogens (primary N) is 1. The van der Waals surface area contributed by atoms with Crippen LogP contribution in [0.3, 0.4) is 0 Å². The number of benzene rings is 1. The average molecular weight is 293 g/mol. The summed E-state index contributed by atoms with van der Waals surface area (Å²) in [6, 6.07) is 5.97. The molecule has 0 saturated heterocycles. The molecular formula is C8H9BrN2O3S. The first-order chi connectivity index (χ1) is 6.94. The lowest BCUT2D eigenvalue weighted by Crippen LogP contribution is -2.15. The molecule has 0 aromatic heterocycles. The van der Waals surface area contributed by atoms with E-state index in [0.717, 1.165) is 0 Å². The van der Waals surface area contributed by atoms with Gasteiger partial charge in [-0.3, -0.25) is 9.52 Å². The molecule has 0 unspecified atom stereocenters. The van der Waals surface area contributed by atoms with Gasteiger partial charge in [-0.15, -0.1) is 0 Å². The second-order valence-corrected chi connectivity index (χ2v) is 5.80. The zero-order valence-electron chi connectivity index (χ0n) is 7.60. The number of primary amides is 1. The molecule has 82 valence electrons. The van der Waals surface area contributed by atoms with Gasteiger partial charge in [0, 0.05) is 11.3 Å². The van der Waals surface area contributed by atoms with Gasteiger partial charge in [-0.25, -0.2) is 8.42 Å². The number of anilines is 1. The first-order valence-corrected chi connectivity index (χ1v) is 6.68. The average Bonchev–Trinajstić information content (AvgIpc) is 2.17. The maximum atomic E-state index is 11.2. The largest absolute Gasteiger partial charge is 0.366 e.